The van der Waals surface area contributed by atoms with Crippen molar-refractivity contribution in [3.63, 3.8) is 0 Å². The van der Waals surface area contributed by atoms with Crippen LogP contribution >= 0.6 is 11.6 Å². The van der Waals surface area contributed by atoms with E-state index in [9.17, 15) is 23.9 Å². The van der Waals surface area contributed by atoms with Crippen LogP contribution in [0.1, 0.15) is 30.9 Å². The number of likely N-dealkylation sites (tertiary alicyclic amines) is 1. The number of hydrogen-bond acceptors (Lipinski definition) is 4. The quantitative estimate of drug-likeness (QED) is 0.240. The number of fused-ring (bicyclic) bond motifs is 1. The first kappa shape index (κ1) is 28.3. The van der Waals surface area contributed by atoms with E-state index in [0.717, 1.165) is 10.6 Å². The van der Waals surface area contributed by atoms with Crippen molar-refractivity contribution in [1.82, 2.24) is 14.0 Å². The largest absolute Gasteiger partial charge is 0.507 e. The number of hydrogen-bond donors (Lipinski definition) is 1. The summed E-state index contributed by atoms with van der Waals surface area (Å²) in [7, 11) is 0. The summed E-state index contributed by atoms with van der Waals surface area (Å²) < 4.78 is 34.0. The minimum Gasteiger partial charge on any atom is -0.507 e. The third-order valence-corrected chi connectivity index (χ3v) is 7.86. The van der Waals surface area contributed by atoms with Crippen LogP contribution in [0.2, 0.25) is 5.02 Å². The lowest BCUT2D eigenvalue weighted by molar-refractivity contribution is -0.132. The number of aromatic hydroxyl groups is 1. The fourth-order valence-corrected chi connectivity index (χ4v) is 5.81. The number of carbonyl (C=O) groups is 1. The van der Waals surface area contributed by atoms with E-state index in [2.05, 4.69) is 6.58 Å². The first-order chi connectivity index (χ1) is 19.5. The lowest BCUT2D eigenvalue weighted by Crippen LogP contribution is -2.52. The highest BCUT2D eigenvalue weighted by Gasteiger charge is 2.32. The van der Waals surface area contributed by atoms with Crippen LogP contribution < -0.4 is 11.1 Å². The van der Waals surface area contributed by atoms with Gasteiger partial charge in [-0.15, -0.1) is 0 Å². The molecule has 41 heavy (non-hydrogen) atoms. The van der Waals surface area contributed by atoms with Gasteiger partial charge in [0.2, 0.25) is 5.91 Å². The van der Waals surface area contributed by atoms with Crippen molar-refractivity contribution in [2.45, 2.75) is 33.2 Å². The number of aromatic nitrogens is 2. The Morgan fingerprint density at radius 3 is 2.44 bits per heavy atom. The van der Waals surface area contributed by atoms with E-state index >= 15 is 4.39 Å². The second-order valence-corrected chi connectivity index (χ2v) is 11.0. The highest BCUT2D eigenvalue weighted by molar-refractivity contribution is 6.34. The summed E-state index contributed by atoms with van der Waals surface area (Å²) >= 11 is 6.55. The Morgan fingerprint density at radius 2 is 1.80 bits per heavy atom. The topological polar surface area (TPSA) is 84.5 Å². The smallest absolute Gasteiger partial charge is 0.321 e. The second-order valence-electron chi connectivity index (χ2n) is 10.6. The third kappa shape index (κ3) is 4.64. The average molecular weight is 580 g/mol. The molecule has 0 saturated carbocycles. The number of phenolic OH excluding ortho intramolecular Hbond substituents is 1. The number of para-hydroxylation sites is 1. The van der Waals surface area contributed by atoms with Gasteiger partial charge in [0.25, 0.3) is 0 Å². The van der Waals surface area contributed by atoms with Gasteiger partial charge < -0.3 is 14.6 Å². The summed E-state index contributed by atoms with van der Waals surface area (Å²) in [6.07, 6.45) is 1.20. The monoisotopic (exact) mass is 579 g/mol. The van der Waals surface area contributed by atoms with E-state index in [1.54, 1.807) is 24.0 Å². The fourth-order valence-electron chi connectivity index (χ4n) is 5.53. The van der Waals surface area contributed by atoms with Crippen molar-refractivity contribution >= 4 is 28.5 Å². The van der Waals surface area contributed by atoms with Crippen LogP contribution in [0.5, 0.6) is 5.75 Å². The zero-order chi connectivity index (χ0) is 29.7. The highest BCUT2D eigenvalue weighted by Crippen LogP contribution is 2.41. The molecule has 3 aromatic carbocycles. The number of rotatable bonds is 6. The highest BCUT2D eigenvalue weighted by atomic mass is 35.5. The summed E-state index contributed by atoms with van der Waals surface area (Å²) in [5.74, 6) is -3.04. The molecule has 1 aliphatic rings. The maximum Gasteiger partial charge on any atom is 0.321 e. The Balaban J connectivity index is 1.88. The second kappa shape index (κ2) is 10.6. The SMILES string of the molecule is C=CC(=O)N1CC(Cn2c(=O)c(=O)n(-c3c(C)cccc3C(C)C)c3c(F)c(-c4c(O)cccc4F)c(Cl)cc32)C1. The number of halogens is 3. The first-order valence-corrected chi connectivity index (χ1v) is 13.5. The van der Waals surface area contributed by atoms with Crippen molar-refractivity contribution < 1.29 is 18.7 Å². The average Bonchev–Trinajstić information content (AvgIpc) is 2.90. The molecule has 0 aliphatic carbocycles. The minimum absolute atomic E-state index is 0.0250. The number of benzene rings is 3. The molecule has 0 unspecified atom stereocenters. The number of aryl methyl sites for hydroxylation is 1. The number of nitrogens with zero attached hydrogens (tertiary/aromatic N) is 3. The Morgan fingerprint density at radius 1 is 1.12 bits per heavy atom. The lowest BCUT2D eigenvalue weighted by Gasteiger charge is -2.39. The van der Waals surface area contributed by atoms with Crippen LogP contribution in [-0.2, 0) is 11.3 Å². The fraction of sp³-hybridized carbons (Fsp3) is 0.258. The zero-order valence-corrected chi connectivity index (χ0v) is 23.5. The Bertz CT molecular complexity index is 1840. The molecule has 0 radical (unpaired) electrons. The molecule has 212 valence electrons. The molecule has 2 heterocycles. The van der Waals surface area contributed by atoms with Gasteiger partial charge in [-0.05, 0) is 48.2 Å². The van der Waals surface area contributed by atoms with E-state index in [0.29, 0.717) is 29.9 Å². The molecular formula is C31H28ClF2N3O4. The molecule has 1 saturated heterocycles. The molecule has 0 atom stereocenters. The van der Waals surface area contributed by atoms with E-state index in [1.807, 2.05) is 19.9 Å². The predicted octanol–water partition coefficient (Wildman–Crippen LogP) is 5.53. The van der Waals surface area contributed by atoms with Gasteiger partial charge in [-0.1, -0.05) is 56.3 Å². The number of carbonyl (C=O) groups excluding carboxylic acids is 1. The standard InChI is InChI=1S/C31H28ClF2N3O4/c1-5-24(39)35-13-18(14-35)15-36-22-12-20(32)25(26-21(33)10-7-11-23(26)38)27(34)29(22)37(31(41)30(36)40)28-17(4)8-6-9-19(28)16(2)3/h5-12,16,18,38H,1,13-15H2,2-4H3. The summed E-state index contributed by atoms with van der Waals surface area (Å²) in [4.78, 5) is 41.0. The normalized spacial score (nSPS) is 13.6. The van der Waals surface area contributed by atoms with Crippen molar-refractivity contribution in [3.8, 4) is 22.6 Å². The van der Waals surface area contributed by atoms with Crippen LogP contribution in [-0.4, -0.2) is 38.1 Å². The molecule has 0 bridgehead atoms. The molecular weight excluding hydrogens is 552 g/mol. The Hall–Kier alpha value is -4.24. The molecule has 1 aliphatic heterocycles. The molecule has 5 rings (SSSR count). The van der Waals surface area contributed by atoms with Crippen molar-refractivity contribution in [3.05, 3.63) is 104 Å². The summed E-state index contributed by atoms with van der Waals surface area (Å²) in [6, 6.07) is 10.2. The predicted molar refractivity (Wildman–Crippen MR) is 155 cm³/mol. The van der Waals surface area contributed by atoms with Gasteiger partial charge in [-0.3, -0.25) is 19.0 Å². The number of amides is 1. The van der Waals surface area contributed by atoms with E-state index < -0.39 is 39.6 Å². The van der Waals surface area contributed by atoms with Gasteiger partial charge in [0.1, 0.15) is 17.1 Å². The summed E-state index contributed by atoms with van der Waals surface area (Å²) in [5, 5.41) is 10.2. The molecule has 0 spiro atoms. The van der Waals surface area contributed by atoms with Crippen LogP contribution in [0, 0.1) is 24.5 Å². The molecule has 1 N–H and O–H groups in total. The van der Waals surface area contributed by atoms with Gasteiger partial charge in [0.15, 0.2) is 5.82 Å². The van der Waals surface area contributed by atoms with Gasteiger partial charge in [-0.2, -0.15) is 0 Å². The molecule has 1 aromatic heterocycles. The molecule has 1 fully saturated rings. The molecule has 4 aromatic rings. The maximum absolute atomic E-state index is 16.8. The first-order valence-electron chi connectivity index (χ1n) is 13.1. The van der Waals surface area contributed by atoms with Gasteiger partial charge in [-0.25, -0.2) is 8.78 Å². The van der Waals surface area contributed by atoms with E-state index in [4.69, 9.17) is 11.6 Å². The van der Waals surface area contributed by atoms with Crippen LogP contribution in [0.25, 0.3) is 27.8 Å². The van der Waals surface area contributed by atoms with Crippen LogP contribution in [0.4, 0.5) is 8.78 Å². The van der Waals surface area contributed by atoms with Gasteiger partial charge in [0.05, 0.1) is 21.8 Å². The lowest BCUT2D eigenvalue weighted by atomic mass is 9.96. The van der Waals surface area contributed by atoms with Crippen molar-refractivity contribution in [2.24, 2.45) is 5.92 Å². The van der Waals surface area contributed by atoms with Gasteiger partial charge >= 0.3 is 11.1 Å². The van der Waals surface area contributed by atoms with Crippen LogP contribution in [0.15, 0.2) is 64.7 Å². The van der Waals surface area contributed by atoms with Crippen molar-refractivity contribution in [2.75, 3.05) is 13.1 Å². The summed E-state index contributed by atoms with van der Waals surface area (Å²) in [6.45, 7) is 9.74. The van der Waals surface area contributed by atoms with E-state index in [1.165, 1.54) is 28.8 Å². The maximum atomic E-state index is 16.8. The third-order valence-electron chi connectivity index (χ3n) is 7.56. The van der Waals surface area contributed by atoms with Crippen LogP contribution in [0.3, 0.4) is 0 Å². The van der Waals surface area contributed by atoms with Gasteiger partial charge in [0, 0.05) is 31.1 Å². The summed E-state index contributed by atoms with van der Waals surface area (Å²) in [5.41, 5.74) is -1.34. The zero-order valence-electron chi connectivity index (χ0n) is 22.7. The molecule has 10 heteroatoms. The van der Waals surface area contributed by atoms with E-state index in [-0.39, 0.29) is 40.3 Å². The Kier molecular flexibility index (Phi) is 7.33. The number of phenols is 1. The minimum atomic E-state index is -1.06. The Labute approximate surface area is 239 Å². The van der Waals surface area contributed by atoms with Crippen molar-refractivity contribution in [1.29, 1.82) is 0 Å². The molecule has 1 amide bonds. The molecule has 7 nitrogen and oxygen atoms in total.